The Morgan fingerprint density at radius 1 is 1.11 bits per heavy atom. The van der Waals surface area contributed by atoms with Crippen molar-refractivity contribution in [1.82, 2.24) is 0 Å². The van der Waals surface area contributed by atoms with Crippen molar-refractivity contribution in [2.75, 3.05) is 20.0 Å². The van der Waals surface area contributed by atoms with Crippen molar-refractivity contribution < 1.29 is 17.5 Å². The molecule has 0 rings (SSSR count). The fourth-order valence-corrected chi connectivity index (χ4v) is 0. The first kappa shape index (κ1) is 12.4. The van der Waals surface area contributed by atoms with Gasteiger partial charge in [-0.1, -0.05) is 0 Å². The third kappa shape index (κ3) is 4.13. The first-order valence-electron chi connectivity index (χ1n) is 2.79. The van der Waals surface area contributed by atoms with E-state index >= 15 is 0 Å². The highest BCUT2D eigenvalue weighted by atomic mass is 35.5. The summed E-state index contributed by atoms with van der Waals surface area (Å²) in [5, 5.41) is 8.95. The molecule has 0 aromatic carbocycles. The third-order valence-corrected chi connectivity index (χ3v) is 4.92. The molecular weight excluding hydrogens is 154 g/mol. The summed E-state index contributed by atoms with van der Waals surface area (Å²) < 4.78 is 0. The van der Waals surface area contributed by atoms with E-state index in [2.05, 4.69) is 20.0 Å². The van der Waals surface area contributed by atoms with E-state index in [0.717, 1.165) is 0 Å². The quantitative estimate of drug-likeness (QED) is 0.482. The Bertz CT molecular complexity index is 68.0. The van der Waals surface area contributed by atoms with Crippen LogP contribution < -0.4 is 12.4 Å². The minimum atomic E-state index is -1.04. The van der Waals surface area contributed by atoms with Gasteiger partial charge in [0, 0.05) is 7.26 Å². The summed E-state index contributed by atoms with van der Waals surface area (Å²) in [5.74, 6) is 0. The van der Waals surface area contributed by atoms with E-state index in [1.54, 1.807) is 0 Å². The summed E-state index contributed by atoms with van der Waals surface area (Å²) in [5.41, 5.74) is 0. The molecule has 9 heavy (non-hydrogen) atoms. The zero-order chi connectivity index (χ0) is 7.00. The van der Waals surface area contributed by atoms with Crippen molar-refractivity contribution in [1.29, 1.82) is 0 Å². The van der Waals surface area contributed by atoms with Gasteiger partial charge >= 0.3 is 0 Å². The lowest BCUT2D eigenvalue weighted by Gasteiger charge is -2.25. The number of halogens is 1. The van der Waals surface area contributed by atoms with Crippen molar-refractivity contribution in [3.8, 4) is 0 Å². The van der Waals surface area contributed by atoms with E-state index < -0.39 is 12.6 Å². The number of hydrogen-bond acceptors (Lipinski definition) is 1. The van der Waals surface area contributed by atoms with Gasteiger partial charge in [0.2, 0.25) is 0 Å². The molecule has 3 heteroatoms. The van der Waals surface area contributed by atoms with Crippen LogP contribution >= 0.6 is 7.26 Å². The average Bonchev–Trinajstić information content (AvgIpc) is 1.25. The molecule has 0 aliphatic rings. The molecule has 1 nitrogen and oxygen atoms in total. The predicted molar refractivity (Wildman–Crippen MR) is 41.0 cm³/mol. The molecule has 0 heterocycles. The number of hydrogen-bond donors (Lipinski definition) is 1. The average molecular weight is 171 g/mol. The zero-order valence-electron chi connectivity index (χ0n) is 6.77. The van der Waals surface area contributed by atoms with Crippen LogP contribution in [0, 0.1) is 0 Å². The molecule has 1 N–H and O–H groups in total. The molecule has 0 saturated heterocycles. The highest BCUT2D eigenvalue weighted by molar-refractivity contribution is 7.74. The van der Waals surface area contributed by atoms with Crippen LogP contribution in [0.15, 0.2) is 0 Å². The van der Waals surface area contributed by atoms with Crippen molar-refractivity contribution in [2.24, 2.45) is 0 Å². The normalized spacial score (nSPS) is 12.7. The molecule has 0 aromatic rings. The first-order chi connectivity index (χ1) is 3.25. The van der Waals surface area contributed by atoms with Crippen LogP contribution in [0.4, 0.5) is 0 Å². The summed E-state index contributed by atoms with van der Waals surface area (Å²) >= 11 is 0. The van der Waals surface area contributed by atoms with Gasteiger partial charge in [-0.25, -0.2) is 0 Å². The molecule has 0 spiro atoms. The Morgan fingerprint density at radius 2 is 1.22 bits per heavy atom. The molecule has 0 radical (unpaired) electrons. The molecule has 58 valence electrons. The predicted octanol–water partition coefficient (Wildman–Crippen LogP) is -1.37. The van der Waals surface area contributed by atoms with Crippen LogP contribution in [-0.2, 0) is 0 Å². The smallest absolute Gasteiger partial charge is 0.167 e. The highest BCUT2D eigenvalue weighted by Crippen LogP contribution is 2.57. The van der Waals surface area contributed by atoms with Crippen LogP contribution in [0.5, 0.6) is 0 Å². The molecule has 0 aliphatic carbocycles. The maximum absolute atomic E-state index is 9.40. The molecule has 0 aliphatic heterocycles. The molecule has 0 fully saturated rings. The van der Waals surface area contributed by atoms with Gasteiger partial charge in [-0.05, 0) is 13.8 Å². The van der Waals surface area contributed by atoms with Crippen LogP contribution in [-0.4, -0.2) is 30.4 Å². The Balaban J connectivity index is 0. The van der Waals surface area contributed by atoms with Gasteiger partial charge in [-0.3, -0.25) is 0 Å². The molecular formula is C6H16ClOP. The second-order valence-corrected chi connectivity index (χ2v) is 8.63. The van der Waals surface area contributed by atoms with E-state index in [1.807, 2.05) is 13.8 Å². The van der Waals surface area contributed by atoms with Gasteiger partial charge in [0.25, 0.3) is 0 Å². The number of aliphatic hydroxyl groups is 1. The summed E-state index contributed by atoms with van der Waals surface area (Å²) in [6, 6.07) is 0. The topological polar surface area (TPSA) is 20.2 Å². The standard InChI is InChI=1S/C6H16OP.ClH/c1-6(2,7)8(3,4)5;/h7H,1-5H3;1H/q+1;/p-1. The third-order valence-electron chi connectivity index (χ3n) is 1.64. The summed E-state index contributed by atoms with van der Waals surface area (Å²) in [4.78, 5) is 0. The van der Waals surface area contributed by atoms with Crippen molar-refractivity contribution >= 4 is 7.26 Å². The second-order valence-electron chi connectivity index (χ2n) is 3.51. The van der Waals surface area contributed by atoms with Gasteiger partial charge in [0.05, 0.1) is 20.0 Å². The summed E-state index contributed by atoms with van der Waals surface area (Å²) in [7, 11) is -1.04. The monoisotopic (exact) mass is 170 g/mol. The van der Waals surface area contributed by atoms with Crippen LogP contribution in [0.1, 0.15) is 13.8 Å². The van der Waals surface area contributed by atoms with E-state index in [0.29, 0.717) is 0 Å². The maximum atomic E-state index is 9.40. The molecule has 0 atom stereocenters. The Morgan fingerprint density at radius 3 is 1.22 bits per heavy atom. The van der Waals surface area contributed by atoms with Crippen molar-refractivity contribution in [2.45, 2.75) is 19.2 Å². The van der Waals surface area contributed by atoms with Gasteiger partial charge in [-0.2, -0.15) is 0 Å². The SMILES string of the molecule is CC(C)(O)[P+](C)(C)C.[Cl-]. The van der Waals surface area contributed by atoms with Crippen LogP contribution in [0.25, 0.3) is 0 Å². The first-order valence-corrected chi connectivity index (χ1v) is 5.92. The fourth-order valence-electron chi connectivity index (χ4n) is 0. The van der Waals surface area contributed by atoms with E-state index in [4.69, 9.17) is 0 Å². The minimum Gasteiger partial charge on any atom is -1.00 e. The Hall–Kier alpha value is 0.680. The molecule has 0 bridgehead atoms. The second kappa shape index (κ2) is 3.18. The Labute approximate surface area is 64.6 Å². The van der Waals surface area contributed by atoms with Crippen LogP contribution in [0.3, 0.4) is 0 Å². The van der Waals surface area contributed by atoms with Gasteiger partial charge in [0.15, 0.2) is 5.34 Å². The highest BCUT2D eigenvalue weighted by Gasteiger charge is 2.36. The fraction of sp³-hybridized carbons (Fsp3) is 1.00. The minimum absolute atomic E-state index is 0. The Kier molecular flexibility index (Phi) is 4.37. The van der Waals surface area contributed by atoms with Crippen molar-refractivity contribution in [3.05, 3.63) is 0 Å². The number of rotatable bonds is 1. The van der Waals surface area contributed by atoms with Gasteiger partial charge < -0.3 is 17.5 Å². The summed E-state index contributed by atoms with van der Waals surface area (Å²) in [6.07, 6.45) is 0. The molecule has 0 amide bonds. The lowest BCUT2D eigenvalue weighted by atomic mass is 10.5. The molecule has 0 aromatic heterocycles. The van der Waals surface area contributed by atoms with E-state index in [1.165, 1.54) is 0 Å². The van der Waals surface area contributed by atoms with E-state index in [9.17, 15) is 5.11 Å². The molecule has 0 unspecified atom stereocenters. The van der Waals surface area contributed by atoms with E-state index in [-0.39, 0.29) is 12.4 Å². The maximum Gasteiger partial charge on any atom is 0.167 e. The largest absolute Gasteiger partial charge is 1.00 e. The van der Waals surface area contributed by atoms with Gasteiger partial charge in [-0.15, -0.1) is 0 Å². The van der Waals surface area contributed by atoms with Crippen molar-refractivity contribution in [3.63, 3.8) is 0 Å². The van der Waals surface area contributed by atoms with Gasteiger partial charge in [0.1, 0.15) is 0 Å². The zero-order valence-corrected chi connectivity index (χ0v) is 8.42. The summed E-state index contributed by atoms with van der Waals surface area (Å²) in [6.45, 7) is 10.1. The molecule has 0 saturated carbocycles. The lowest BCUT2D eigenvalue weighted by Crippen LogP contribution is -3.00. The lowest BCUT2D eigenvalue weighted by molar-refractivity contribution is -0.00000490. The van der Waals surface area contributed by atoms with Crippen LogP contribution in [0.2, 0.25) is 0 Å².